The summed E-state index contributed by atoms with van der Waals surface area (Å²) in [5.74, 6) is 0.200. The van der Waals surface area contributed by atoms with Crippen molar-refractivity contribution in [1.29, 1.82) is 0 Å². The van der Waals surface area contributed by atoms with Crippen LogP contribution < -0.4 is 10.6 Å². The van der Waals surface area contributed by atoms with Gasteiger partial charge in [-0.3, -0.25) is 0 Å². The van der Waals surface area contributed by atoms with Gasteiger partial charge in [0.1, 0.15) is 0 Å². The van der Waals surface area contributed by atoms with Gasteiger partial charge in [-0.15, -0.1) is 0 Å². The standard InChI is InChI=1S/C12H18N2O2/c1-9(2)11(8-15)14-12(16)13-10-6-4-3-5-7-10/h3-7,9,11,15H,8H2,1-2H3,(H2,13,14,16)/t11-/m0/s1. The number of amides is 2. The molecule has 1 aromatic carbocycles. The van der Waals surface area contributed by atoms with Crippen LogP contribution in [0.1, 0.15) is 13.8 Å². The van der Waals surface area contributed by atoms with Gasteiger partial charge in [0.25, 0.3) is 0 Å². The lowest BCUT2D eigenvalue weighted by molar-refractivity contribution is 0.204. The van der Waals surface area contributed by atoms with Gasteiger partial charge in [-0.05, 0) is 18.1 Å². The number of nitrogens with one attached hydrogen (secondary N) is 2. The Bertz CT molecular complexity index is 325. The molecule has 0 aliphatic rings. The molecule has 1 rings (SSSR count). The highest BCUT2D eigenvalue weighted by Gasteiger charge is 2.14. The second-order valence-corrected chi connectivity index (χ2v) is 4.00. The molecule has 0 aliphatic carbocycles. The van der Waals surface area contributed by atoms with Crippen LogP contribution in [0.15, 0.2) is 30.3 Å². The smallest absolute Gasteiger partial charge is 0.319 e. The highest BCUT2D eigenvalue weighted by molar-refractivity contribution is 5.89. The summed E-state index contributed by atoms with van der Waals surface area (Å²) in [5, 5.41) is 14.5. The van der Waals surface area contributed by atoms with Gasteiger partial charge >= 0.3 is 6.03 Å². The fraction of sp³-hybridized carbons (Fsp3) is 0.417. The molecular weight excluding hydrogens is 204 g/mol. The van der Waals surface area contributed by atoms with Crippen LogP contribution >= 0.6 is 0 Å². The Kier molecular flexibility index (Phi) is 4.79. The van der Waals surface area contributed by atoms with Gasteiger partial charge in [0.2, 0.25) is 0 Å². The topological polar surface area (TPSA) is 61.4 Å². The third kappa shape index (κ3) is 3.90. The summed E-state index contributed by atoms with van der Waals surface area (Å²) in [6.45, 7) is 3.84. The van der Waals surface area contributed by atoms with Gasteiger partial charge in [-0.2, -0.15) is 0 Å². The molecule has 4 nitrogen and oxygen atoms in total. The molecule has 0 radical (unpaired) electrons. The van der Waals surface area contributed by atoms with Crippen molar-refractivity contribution in [3.05, 3.63) is 30.3 Å². The molecule has 4 heteroatoms. The number of hydrogen-bond donors (Lipinski definition) is 3. The molecular formula is C12H18N2O2. The molecule has 1 atom stereocenters. The van der Waals surface area contributed by atoms with E-state index in [1.54, 1.807) is 0 Å². The van der Waals surface area contributed by atoms with Crippen molar-refractivity contribution < 1.29 is 9.90 Å². The van der Waals surface area contributed by atoms with Crippen LogP contribution in [0, 0.1) is 5.92 Å². The SMILES string of the molecule is CC(C)[C@H](CO)NC(=O)Nc1ccccc1. The number of para-hydroxylation sites is 1. The van der Waals surface area contributed by atoms with E-state index in [0.29, 0.717) is 0 Å². The number of aliphatic hydroxyl groups excluding tert-OH is 1. The summed E-state index contributed by atoms with van der Waals surface area (Å²) in [6, 6.07) is 8.69. The zero-order chi connectivity index (χ0) is 12.0. The average molecular weight is 222 g/mol. The summed E-state index contributed by atoms with van der Waals surface area (Å²) >= 11 is 0. The third-order valence-corrected chi connectivity index (χ3v) is 2.35. The Morgan fingerprint density at radius 2 is 1.94 bits per heavy atom. The van der Waals surface area contributed by atoms with Crippen LogP contribution in [0.3, 0.4) is 0 Å². The summed E-state index contributed by atoms with van der Waals surface area (Å²) in [5.41, 5.74) is 0.737. The van der Waals surface area contributed by atoms with Crippen molar-refractivity contribution in [1.82, 2.24) is 5.32 Å². The van der Waals surface area contributed by atoms with Crippen molar-refractivity contribution >= 4 is 11.7 Å². The molecule has 0 aromatic heterocycles. The summed E-state index contributed by atoms with van der Waals surface area (Å²) in [6.07, 6.45) is 0. The van der Waals surface area contributed by atoms with Crippen LogP contribution in [0.2, 0.25) is 0 Å². The molecule has 0 bridgehead atoms. The largest absolute Gasteiger partial charge is 0.394 e. The van der Waals surface area contributed by atoms with E-state index in [0.717, 1.165) is 5.69 Å². The Morgan fingerprint density at radius 3 is 2.44 bits per heavy atom. The summed E-state index contributed by atoms with van der Waals surface area (Å²) in [7, 11) is 0. The number of carbonyl (C=O) groups is 1. The predicted octanol–water partition coefficient (Wildman–Crippen LogP) is 1.82. The molecule has 88 valence electrons. The van der Waals surface area contributed by atoms with Gasteiger partial charge in [0.15, 0.2) is 0 Å². The van der Waals surface area contributed by atoms with Crippen molar-refractivity contribution in [3.63, 3.8) is 0 Å². The molecule has 0 aliphatic heterocycles. The fourth-order valence-electron chi connectivity index (χ4n) is 1.28. The maximum Gasteiger partial charge on any atom is 0.319 e. The average Bonchev–Trinajstić information content (AvgIpc) is 2.27. The van der Waals surface area contributed by atoms with E-state index in [4.69, 9.17) is 5.11 Å². The third-order valence-electron chi connectivity index (χ3n) is 2.35. The van der Waals surface area contributed by atoms with E-state index >= 15 is 0 Å². The second kappa shape index (κ2) is 6.12. The van der Waals surface area contributed by atoms with Crippen LogP contribution in [0.5, 0.6) is 0 Å². The number of carbonyl (C=O) groups excluding carboxylic acids is 1. The quantitative estimate of drug-likeness (QED) is 0.727. The lowest BCUT2D eigenvalue weighted by Crippen LogP contribution is -2.43. The minimum Gasteiger partial charge on any atom is -0.394 e. The molecule has 3 N–H and O–H groups in total. The maximum atomic E-state index is 11.6. The monoisotopic (exact) mass is 222 g/mol. The van der Waals surface area contributed by atoms with E-state index in [1.165, 1.54) is 0 Å². The minimum absolute atomic E-state index is 0.0557. The van der Waals surface area contributed by atoms with Gasteiger partial charge in [-0.25, -0.2) is 4.79 Å². The maximum absolute atomic E-state index is 11.6. The van der Waals surface area contributed by atoms with E-state index < -0.39 is 0 Å². The zero-order valence-electron chi connectivity index (χ0n) is 9.60. The molecule has 2 amide bonds. The summed E-state index contributed by atoms with van der Waals surface area (Å²) in [4.78, 5) is 11.6. The number of hydrogen-bond acceptors (Lipinski definition) is 2. The number of anilines is 1. The Labute approximate surface area is 95.7 Å². The van der Waals surface area contributed by atoms with Gasteiger partial charge in [0.05, 0.1) is 12.6 Å². The number of aliphatic hydroxyl groups is 1. The number of urea groups is 1. The summed E-state index contributed by atoms with van der Waals surface area (Å²) < 4.78 is 0. The number of rotatable bonds is 4. The molecule has 0 fully saturated rings. The van der Waals surface area contributed by atoms with E-state index in [-0.39, 0.29) is 24.6 Å². The predicted molar refractivity (Wildman–Crippen MR) is 64.3 cm³/mol. The molecule has 0 unspecified atom stereocenters. The lowest BCUT2D eigenvalue weighted by Gasteiger charge is -2.20. The zero-order valence-corrected chi connectivity index (χ0v) is 9.60. The van der Waals surface area contributed by atoms with E-state index in [1.807, 2.05) is 44.2 Å². The van der Waals surface area contributed by atoms with Gasteiger partial charge in [-0.1, -0.05) is 32.0 Å². The van der Waals surface area contributed by atoms with Crippen molar-refractivity contribution in [2.45, 2.75) is 19.9 Å². The first-order valence-corrected chi connectivity index (χ1v) is 5.37. The molecule has 0 spiro atoms. The van der Waals surface area contributed by atoms with Crippen molar-refractivity contribution in [2.75, 3.05) is 11.9 Å². The van der Waals surface area contributed by atoms with Crippen molar-refractivity contribution in [2.24, 2.45) is 5.92 Å². The van der Waals surface area contributed by atoms with E-state index in [2.05, 4.69) is 10.6 Å². The second-order valence-electron chi connectivity index (χ2n) is 4.00. The van der Waals surface area contributed by atoms with Crippen LogP contribution in [0.4, 0.5) is 10.5 Å². The molecule has 0 saturated carbocycles. The molecule has 1 aromatic rings. The van der Waals surface area contributed by atoms with Crippen LogP contribution in [-0.2, 0) is 0 Å². The highest BCUT2D eigenvalue weighted by Crippen LogP contribution is 2.05. The van der Waals surface area contributed by atoms with E-state index in [9.17, 15) is 4.79 Å². The van der Waals surface area contributed by atoms with Crippen LogP contribution in [-0.4, -0.2) is 23.8 Å². The molecule has 0 saturated heterocycles. The number of benzene rings is 1. The Hall–Kier alpha value is -1.55. The minimum atomic E-state index is -0.293. The first kappa shape index (κ1) is 12.5. The molecule has 0 heterocycles. The Balaban J connectivity index is 2.47. The van der Waals surface area contributed by atoms with Crippen LogP contribution in [0.25, 0.3) is 0 Å². The fourth-order valence-corrected chi connectivity index (χ4v) is 1.28. The Morgan fingerprint density at radius 1 is 1.31 bits per heavy atom. The first-order valence-electron chi connectivity index (χ1n) is 5.37. The van der Waals surface area contributed by atoms with Crippen molar-refractivity contribution in [3.8, 4) is 0 Å². The van der Waals surface area contributed by atoms with Gasteiger partial charge < -0.3 is 15.7 Å². The van der Waals surface area contributed by atoms with Gasteiger partial charge in [0, 0.05) is 5.69 Å². The lowest BCUT2D eigenvalue weighted by atomic mass is 10.1. The first-order chi connectivity index (χ1) is 7.63. The normalized spacial score (nSPS) is 12.2. The highest BCUT2D eigenvalue weighted by atomic mass is 16.3. The molecule has 16 heavy (non-hydrogen) atoms.